The fraction of sp³-hybridized carbons (Fsp3) is 0.643. The van der Waals surface area contributed by atoms with Gasteiger partial charge in [0.2, 0.25) is 5.91 Å². The molecule has 1 aliphatic heterocycles. The Bertz CT molecular complexity index is 435. The van der Waals surface area contributed by atoms with Crippen molar-refractivity contribution in [2.45, 2.75) is 39.3 Å². The average Bonchev–Trinajstić information content (AvgIpc) is 2.81. The smallest absolute Gasteiger partial charge is 0.226 e. The summed E-state index contributed by atoms with van der Waals surface area (Å²) in [5.74, 6) is 0.465. The maximum Gasteiger partial charge on any atom is 0.226 e. The third-order valence-corrected chi connectivity index (χ3v) is 4.86. The molecule has 1 N–H and O–H groups in total. The topological polar surface area (TPSA) is 32.3 Å². The minimum atomic E-state index is 0.173. The first kappa shape index (κ1) is 14.8. The molecule has 5 heteroatoms. The van der Waals surface area contributed by atoms with Crippen LogP contribution in [0.1, 0.15) is 31.6 Å². The monoisotopic (exact) mass is 300 g/mol. The molecule has 0 aromatic carbocycles. The molecule has 2 rings (SSSR count). The predicted octanol–water partition coefficient (Wildman–Crippen LogP) is 3.14. The lowest BCUT2D eigenvalue weighted by Crippen LogP contribution is -2.43. The molecule has 19 heavy (non-hydrogen) atoms. The summed E-state index contributed by atoms with van der Waals surface area (Å²) in [5.41, 5.74) is 0. The number of thiophene rings is 1. The van der Waals surface area contributed by atoms with Crippen molar-refractivity contribution in [3.05, 3.63) is 21.3 Å². The first-order chi connectivity index (χ1) is 9.10. The highest BCUT2D eigenvalue weighted by molar-refractivity contribution is 7.16. The van der Waals surface area contributed by atoms with Crippen LogP contribution in [0.4, 0.5) is 0 Å². The third kappa shape index (κ3) is 3.94. The van der Waals surface area contributed by atoms with Gasteiger partial charge in [-0.15, -0.1) is 11.3 Å². The van der Waals surface area contributed by atoms with Gasteiger partial charge in [-0.05, 0) is 45.4 Å². The summed E-state index contributed by atoms with van der Waals surface area (Å²) in [6.07, 6.45) is 1.89. The lowest BCUT2D eigenvalue weighted by Gasteiger charge is -2.31. The molecule has 106 valence electrons. The standard InChI is InChI=1S/C14H21ClN2OS/c1-3-17(9-12-4-5-13(15)19-12)14(18)11-6-7-16-10(2)8-11/h4-5,10-11,16H,3,6-9H2,1-2H3/t10-,11-/m0/s1. The number of amides is 1. The molecule has 3 nitrogen and oxygen atoms in total. The first-order valence-corrected chi connectivity index (χ1v) is 8.06. The number of carbonyl (C=O) groups excluding carboxylic acids is 1. The third-order valence-electron chi connectivity index (χ3n) is 3.64. The van der Waals surface area contributed by atoms with Crippen molar-refractivity contribution in [1.82, 2.24) is 10.2 Å². The van der Waals surface area contributed by atoms with Crippen LogP contribution in [0, 0.1) is 5.92 Å². The number of nitrogens with zero attached hydrogens (tertiary/aromatic N) is 1. The molecule has 0 saturated carbocycles. The van der Waals surface area contributed by atoms with Gasteiger partial charge in [-0.3, -0.25) is 4.79 Å². The minimum absolute atomic E-state index is 0.173. The zero-order chi connectivity index (χ0) is 13.8. The van der Waals surface area contributed by atoms with E-state index in [1.54, 1.807) is 11.3 Å². The molecule has 1 amide bonds. The number of hydrogen-bond donors (Lipinski definition) is 1. The van der Waals surface area contributed by atoms with Crippen LogP contribution in [0.15, 0.2) is 12.1 Å². The fourth-order valence-corrected chi connectivity index (χ4v) is 3.69. The molecule has 0 unspecified atom stereocenters. The van der Waals surface area contributed by atoms with Crippen molar-refractivity contribution in [3.8, 4) is 0 Å². The Morgan fingerprint density at radius 1 is 1.58 bits per heavy atom. The van der Waals surface area contributed by atoms with Crippen LogP contribution >= 0.6 is 22.9 Å². The van der Waals surface area contributed by atoms with E-state index in [4.69, 9.17) is 11.6 Å². The van der Waals surface area contributed by atoms with Crippen molar-refractivity contribution in [3.63, 3.8) is 0 Å². The van der Waals surface area contributed by atoms with E-state index in [-0.39, 0.29) is 5.92 Å². The molecule has 1 saturated heterocycles. The Kier molecular flexibility index (Phi) is 5.25. The molecule has 2 atom stereocenters. The lowest BCUT2D eigenvalue weighted by atomic mass is 9.92. The van der Waals surface area contributed by atoms with Gasteiger partial charge in [0.15, 0.2) is 0 Å². The van der Waals surface area contributed by atoms with E-state index in [0.29, 0.717) is 18.5 Å². The second kappa shape index (κ2) is 6.73. The van der Waals surface area contributed by atoms with Gasteiger partial charge in [-0.25, -0.2) is 0 Å². The Morgan fingerprint density at radius 2 is 2.37 bits per heavy atom. The Labute approximate surface area is 123 Å². The normalized spacial score (nSPS) is 23.3. The first-order valence-electron chi connectivity index (χ1n) is 6.86. The van der Waals surface area contributed by atoms with E-state index in [1.165, 1.54) is 0 Å². The summed E-state index contributed by atoms with van der Waals surface area (Å²) < 4.78 is 0.786. The highest BCUT2D eigenvalue weighted by atomic mass is 35.5. The lowest BCUT2D eigenvalue weighted by molar-refractivity contribution is -0.137. The highest BCUT2D eigenvalue weighted by Gasteiger charge is 2.28. The Morgan fingerprint density at radius 3 is 2.95 bits per heavy atom. The molecule has 1 aromatic heterocycles. The van der Waals surface area contributed by atoms with Crippen molar-refractivity contribution in [1.29, 1.82) is 0 Å². The molecule has 1 fully saturated rings. The SMILES string of the molecule is CCN(Cc1ccc(Cl)s1)C(=O)[C@H]1CCN[C@@H](C)C1. The van der Waals surface area contributed by atoms with Crippen molar-refractivity contribution in [2.75, 3.05) is 13.1 Å². The Hall–Kier alpha value is -0.580. The van der Waals surface area contributed by atoms with Crippen LogP contribution in [0.25, 0.3) is 0 Å². The molecule has 0 radical (unpaired) electrons. The van der Waals surface area contributed by atoms with Crippen LogP contribution in [0.2, 0.25) is 4.34 Å². The van der Waals surface area contributed by atoms with Gasteiger partial charge >= 0.3 is 0 Å². The zero-order valence-corrected chi connectivity index (χ0v) is 13.1. The number of carbonyl (C=O) groups is 1. The van der Waals surface area contributed by atoms with Gasteiger partial charge < -0.3 is 10.2 Å². The predicted molar refractivity (Wildman–Crippen MR) is 80.6 cm³/mol. The van der Waals surface area contributed by atoms with Crippen molar-refractivity contribution < 1.29 is 4.79 Å². The van der Waals surface area contributed by atoms with Crippen molar-refractivity contribution in [2.24, 2.45) is 5.92 Å². The van der Waals surface area contributed by atoms with Crippen LogP contribution in [-0.2, 0) is 11.3 Å². The summed E-state index contributed by atoms with van der Waals surface area (Å²) >= 11 is 7.50. The summed E-state index contributed by atoms with van der Waals surface area (Å²) in [6, 6.07) is 4.35. The number of hydrogen-bond acceptors (Lipinski definition) is 3. The van der Waals surface area contributed by atoms with Crippen molar-refractivity contribution >= 4 is 28.8 Å². The van der Waals surface area contributed by atoms with E-state index < -0.39 is 0 Å². The molecular weight excluding hydrogens is 280 g/mol. The van der Waals surface area contributed by atoms with Gasteiger partial charge in [0.25, 0.3) is 0 Å². The van der Waals surface area contributed by atoms with Gasteiger partial charge in [0.1, 0.15) is 0 Å². The van der Waals surface area contributed by atoms with E-state index in [2.05, 4.69) is 12.2 Å². The van der Waals surface area contributed by atoms with Gasteiger partial charge in [-0.2, -0.15) is 0 Å². The zero-order valence-electron chi connectivity index (χ0n) is 11.5. The maximum absolute atomic E-state index is 12.6. The second-order valence-corrected chi connectivity index (χ2v) is 6.93. The Balaban J connectivity index is 1.98. The van der Waals surface area contributed by atoms with E-state index in [1.807, 2.05) is 24.0 Å². The number of piperidine rings is 1. The van der Waals surface area contributed by atoms with Gasteiger partial charge in [-0.1, -0.05) is 11.6 Å². The molecule has 0 aliphatic carbocycles. The largest absolute Gasteiger partial charge is 0.338 e. The molecule has 0 bridgehead atoms. The van der Waals surface area contributed by atoms with Crippen LogP contribution < -0.4 is 5.32 Å². The van der Waals surface area contributed by atoms with E-state index >= 15 is 0 Å². The summed E-state index contributed by atoms with van der Waals surface area (Å²) in [7, 11) is 0. The van der Waals surface area contributed by atoms with Gasteiger partial charge in [0, 0.05) is 23.4 Å². The highest BCUT2D eigenvalue weighted by Crippen LogP contribution is 2.25. The second-order valence-electron chi connectivity index (χ2n) is 5.13. The van der Waals surface area contributed by atoms with Gasteiger partial charge in [0.05, 0.1) is 10.9 Å². The number of rotatable bonds is 4. The number of halogens is 1. The minimum Gasteiger partial charge on any atom is -0.338 e. The average molecular weight is 301 g/mol. The van der Waals surface area contributed by atoms with Crippen LogP contribution in [-0.4, -0.2) is 29.9 Å². The quantitative estimate of drug-likeness (QED) is 0.926. The molecular formula is C14H21ClN2OS. The maximum atomic E-state index is 12.6. The molecule has 1 aliphatic rings. The fourth-order valence-electron chi connectivity index (χ4n) is 2.58. The molecule has 0 spiro atoms. The molecule has 1 aromatic rings. The summed E-state index contributed by atoms with van der Waals surface area (Å²) in [4.78, 5) is 15.7. The summed E-state index contributed by atoms with van der Waals surface area (Å²) in [6.45, 7) is 6.57. The van der Waals surface area contributed by atoms with Crippen LogP contribution in [0.5, 0.6) is 0 Å². The molecule has 2 heterocycles. The number of nitrogens with one attached hydrogen (secondary N) is 1. The van der Waals surface area contributed by atoms with E-state index in [9.17, 15) is 4.79 Å². The van der Waals surface area contributed by atoms with Crippen LogP contribution in [0.3, 0.4) is 0 Å². The van der Waals surface area contributed by atoms with E-state index in [0.717, 1.165) is 35.1 Å². The summed E-state index contributed by atoms with van der Waals surface area (Å²) in [5, 5.41) is 3.39.